The first-order chi connectivity index (χ1) is 13.5. The first-order valence-electron chi connectivity index (χ1n) is 9.61. The van der Waals surface area contributed by atoms with Crippen LogP contribution in [-0.4, -0.2) is 49.7 Å². The molecule has 150 valence electrons. The van der Waals surface area contributed by atoms with Crippen molar-refractivity contribution < 1.29 is 14.3 Å². The van der Waals surface area contributed by atoms with E-state index in [2.05, 4.69) is 10.2 Å². The summed E-state index contributed by atoms with van der Waals surface area (Å²) < 4.78 is 11.6. The van der Waals surface area contributed by atoms with Crippen LogP contribution in [0.1, 0.15) is 24.2 Å². The minimum absolute atomic E-state index is 0.00426. The largest absolute Gasteiger partial charge is 0.492 e. The zero-order chi connectivity index (χ0) is 19.9. The number of morpholine rings is 1. The van der Waals surface area contributed by atoms with Gasteiger partial charge in [-0.3, -0.25) is 9.69 Å². The van der Waals surface area contributed by atoms with Gasteiger partial charge in [-0.15, -0.1) is 0 Å². The summed E-state index contributed by atoms with van der Waals surface area (Å²) in [5.74, 6) is 0.825. The number of aryl methyl sites for hydroxylation is 1. The van der Waals surface area contributed by atoms with E-state index in [4.69, 9.17) is 21.1 Å². The molecule has 1 aliphatic rings. The molecule has 2 aromatic carbocycles. The molecule has 0 spiro atoms. The highest BCUT2D eigenvalue weighted by Crippen LogP contribution is 2.24. The van der Waals surface area contributed by atoms with E-state index in [0.717, 1.165) is 23.4 Å². The van der Waals surface area contributed by atoms with Gasteiger partial charge in [0.15, 0.2) is 0 Å². The van der Waals surface area contributed by atoms with Crippen LogP contribution in [0, 0.1) is 6.92 Å². The van der Waals surface area contributed by atoms with Crippen molar-refractivity contribution in [3.63, 3.8) is 0 Å². The Bertz CT molecular complexity index is 782. The lowest BCUT2D eigenvalue weighted by molar-refractivity contribution is -0.129. The van der Waals surface area contributed by atoms with Crippen LogP contribution in [0.4, 0.5) is 0 Å². The van der Waals surface area contributed by atoms with Crippen LogP contribution in [0.2, 0.25) is 5.02 Å². The Morgan fingerprint density at radius 3 is 2.86 bits per heavy atom. The lowest BCUT2D eigenvalue weighted by Crippen LogP contribution is -2.50. The number of hydrogen-bond donors (Lipinski definition) is 1. The van der Waals surface area contributed by atoms with E-state index in [9.17, 15) is 4.79 Å². The molecular weight excluding hydrogens is 376 g/mol. The van der Waals surface area contributed by atoms with Gasteiger partial charge in [0.05, 0.1) is 25.3 Å². The van der Waals surface area contributed by atoms with E-state index < -0.39 is 0 Å². The fraction of sp³-hybridized carbons (Fsp3) is 0.409. The highest BCUT2D eigenvalue weighted by molar-refractivity contribution is 6.30. The molecule has 1 amide bonds. The van der Waals surface area contributed by atoms with Gasteiger partial charge in [-0.2, -0.15) is 0 Å². The third-order valence-electron chi connectivity index (χ3n) is 4.93. The molecule has 1 saturated heterocycles. The smallest absolute Gasteiger partial charge is 0.237 e. The van der Waals surface area contributed by atoms with Crippen molar-refractivity contribution in [2.45, 2.75) is 26.0 Å². The van der Waals surface area contributed by atoms with Crippen molar-refractivity contribution in [1.29, 1.82) is 0 Å². The lowest BCUT2D eigenvalue weighted by Gasteiger charge is -2.36. The summed E-state index contributed by atoms with van der Waals surface area (Å²) >= 11 is 5.96. The van der Waals surface area contributed by atoms with E-state index >= 15 is 0 Å². The maximum Gasteiger partial charge on any atom is 0.237 e. The summed E-state index contributed by atoms with van der Waals surface area (Å²) in [6, 6.07) is 15.3. The second-order valence-electron chi connectivity index (χ2n) is 7.04. The Morgan fingerprint density at radius 2 is 2.11 bits per heavy atom. The second kappa shape index (κ2) is 9.92. The van der Waals surface area contributed by atoms with Gasteiger partial charge < -0.3 is 14.8 Å². The van der Waals surface area contributed by atoms with Crippen molar-refractivity contribution in [3.05, 3.63) is 64.7 Å². The van der Waals surface area contributed by atoms with Crippen LogP contribution in [0.3, 0.4) is 0 Å². The number of nitrogens with zero attached hydrogens (tertiary/aromatic N) is 1. The minimum Gasteiger partial charge on any atom is -0.492 e. The number of carbonyl (C=O) groups excluding carboxylic acids is 1. The molecule has 0 radical (unpaired) electrons. The average molecular weight is 403 g/mol. The second-order valence-corrected chi connectivity index (χ2v) is 7.47. The Hall–Kier alpha value is -2.08. The summed E-state index contributed by atoms with van der Waals surface area (Å²) in [5.41, 5.74) is 2.23. The van der Waals surface area contributed by atoms with Crippen molar-refractivity contribution >= 4 is 17.5 Å². The van der Waals surface area contributed by atoms with Crippen molar-refractivity contribution in [2.24, 2.45) is 0 Å². The molecule has 6 heteroatoms. The Labute approximate surface area is 171 Å². The molecule has 1 fully saturated rings. The quantitative estimate of drug-likeness (QED) is 0.719. The molecule has 2 aromatic rings. The van der Waals surface area contributed by atoms with Gasteiger partial charge in [-0.05, 0) is 49.2 Å². The van der Waals surface area contributed by atoms with E-state index in [0.29, 0.717) is 31.3 Å². The van der Waals surface area contributed by atoms with Crippen molar-refractivity contribution in [1.82, 2.24) is 10.2 Å². The van der Waals surface area contributed by atoms with Gasteiger partial charge in [0.25, 0.3) is 0 Å². The highest BCUT2D eigenvalue weighted by Gasteiger charge is 2.28. The van der Waals surface area contributed by atoms with Crippen molar-refractivity contribution in [3.8, 4) is 5.75 Å². The molecule has 1 heterocycles. The summed E-state index contributed by atoms with van der Waals surface area (Å²) in [6.45, 7) is 6.88. The SMILES string of the molecule is Cc1cccc(OCCNC(=O)C(C)N2CCOC(c3ccc(Cl)cc3)C2)c1. The zero-order valence-corrected chi connectivity index (χ0v) is 17.1. The van der Waals surface area contributed by atoms with E-state index in [-0.39, 0.29) is 18.1 Å². The molecule has 0 saturated carbocycles. The number of nitrogens with one attached hydrogen (secondary N) is 1. The van der Waals surface area contributed by atoms with Gasteiger partial charge in [0.2, 0.25) is 5.91 Å². The number of carbonyl (C=O) groups is 1. The number of benzene rings is 2. The summed E-state index contributed by atoms with van der Waals surface area (Å²) in [7, 11) is 0. The Kier molecular flexibility index (Phi) is 7.31. The molecule has 2 unspecified atom stereocenters. The first-order valence-corrected chi connectivity index (χ1v) is 9.99. The molecule has 1 aliphatic heterocycles. The normalized spacial score (nSPS) is 18.5. The molecule has 28 heavy (non-hydrogen) atoms. The van der Waals surface area contributed by atoms with Gasteiger partial charge in [-0.25, -0.2) is 0 Å². The van der Waals surface area contributed by atoms with Crippen LogP contribution < -0.4 is 10.1 Å². The van der Waals surface area contributed by atoms with Gasteiger partial charge in [0.1, 0.15) is 12.4 Å². The van der Waals surface area contributed by atoms with Crippen molar-refractivity contribution in [2.75, 3.05) is 32.8 Å². The summed E-state index contributed by atoms with van der Waals surface area (Å²) in [6.07, 6.45) is -0.0501. The van der Waals surface area contributed by atoms with Crippen LogP contribution in [0.25, 0.3) is 0 Å². The zero-order valence-electron chi connectivity index (χ0n) is 16.4. The molecule has 1 N–H and O–H groups in total. The molecule has 0 aliphatic carbocycles. The van der Waals surface area contributed by atoms with Crippen LogP contribution in [0.15, 0.2) is 48.5 Å². The monoisotopic (exact) mass is 402 g/mol. The lowest BCUT2D eigenvalue weighted by atomic mass is 10.1. The minimum atomic E-state index is -0.224. The van der Waals surface area contributed by atoms with Crippen LogP contribution in [-0.2, 0) is 9.53 Å². The fourth-order valence-corrected chi connectivity index (χ4v) is 3.39. The van der Waals surface area contributed by atoms with E-state index in [1.165, 1.54) is 0 Å². The number of amides is 1. The molecular formula is C22H27ClN2O3. The molecule has 2 atom stereocenters. The predicted octanol–water partition coefficient (Wildman–Crippen LogP) is 3.61. The fourth-order valence-electron chi connectivity index (χ4n) is 3.26. The number of ether oxygens (including phenoxy) is 2. The molecule has 0 bridgehead atoms. The number of rotatable bonds is 7. The third kappa shape index (κ3) is 5.71. The topological polar surface area (TPSA) is 50.8 Å². The van der Waals surface area contributed by atoms with E-state index in [1.807, 2.05) is 62.4 Å². The van der Waals surface area contributed by atoms with Gasteiger partial charge in [0, 0.05) is 18.1 Å². The summed E-state index contributed by atoms with van der Waals surface area (Å²) in [5, 5.41) is 3.67. The summed E-state index contributed by atoms with van der Waals surface area (Å²) in [4.78, 5) is 14.7. The number of hydrogen-bond acceptors (Lipinski definition) is 4. The Morgan fingerprint density at radius 1 is 1.32 bits per heavy atom. The van der Waals surface area contributed by atoms with Gasteiger partial charge >= 0.3 is 0 Å². The third-order valence-corrected chi connectivity index (χ3v) is 5.18. The maximum absolute atomic E-state index is 12.5. The molecule has 3 rings (SSSR count). The van der Waals surface area contributed by atoms with Crippen LogP contribution in [0.5, 0.6) is 5.75 Å². The first kappa shape index (κ1) is 20.6. The van der Waals surface area contributed by atoms with Gasteiger partial charge in [-0.1, -0.05) is 35.9 Å². The maximum atomic E-state index is 12.5. The van der Waals surface area contributed by atoms with Crippen LogP contribution >= 0.6 is 11.6 Å². The molecule has 0 aromatic heterocycles. The number of halogens is 1. The standard InChI is InChI=1S/C22H27ClN2O3/c1-16-4-3-5-20(14-16)27-12-10-24-22(26)17(2)25-11-13-28-21(15-25)18-6-8-19(23)9-7-18/h3-9,14,17,21H,10-13,15H2,1-2H3,(H,24,26). The predicted molar refractivity (Wildman–Crippen MR) is 111 cm³/mol. The average Bonchev–Trinajstić information content (AvgIpc) is 2.71. The Balaban J connectivity index is 1.45. The molecule has 5 nitrogen and oxygen atoms in total. The highest BCUT2D eigenvalue weighted by atomic mass is 35.5. The van der Waals surface area contributed by atoms with E-state index in [1.54, 1.807) is 0 Å².